The van der Waals surface area contributed by atoms with Gasteiger partial charge in [-0.05, 0) is 54.4 Å². The van der Waals surface area contributed by atoms with Crippen molar-refractivity contribution >= 4 is 47.2 Å². The average Bonchev–Trinajstić information content (AvgIpc) is 2.70. The minimum Gasteiger partial charge on any atom is -0.490 e. The molecule has 31 heavy (non-hydrogen) atoms. The molecule has 0 aliphatic rings. The Morgan fingerprint density at radius 3 is 2.23 bits per heavy atom. The summed E-state index contributed by atoms with van der Waals surface area (Å²) >= 11 is 18.6. The van der Waals surface area contributed by atoms with Gasteiger partial charge in [0.1, 0.15) is 12.4 Å². The highest BCUT2D eigenvalue weighted by Gasteiger charge is 2.14. The molecule has 0 aromatic heterocycles. The van der Waals surface area contributed by atoms with Crippen molar-refractivity contribution in [2.45, 2.75) is 26.6 Å². The highest BCUT2D eigenvalue weighted by molar-refractivity contribution is 6.35. The van der Waals surface area contributed by atoms with Gasteiger partial charge in [0.05, 0.1) is 11.6 Å². The van der Waals surface area contributed by atoms with Crippen molar-refractivity contribution < 1.29 is 13.9 Å². The summed E-state index contributed by atoms with van der Waals surface area (Å²) in [4.78, 5) is 0. The Hall–Kier alpha value is -1.69. The summed E-state index contributed by atoms with van der Waals surface area (Å²) in [7, 11) is 0. The molecule has 0 spiro atoms. The third-order valence-electron chi connectivity index (χ3n) is 4.33. The molecule has 0 saturated carbocycles. The van der Waals surface area contributed by atoms with E-state index in [2.05, 4.69) is 5.32 Å². The SMILES string of the molecule is CCOc1cc(CNCc2ccc(F)cc2)cc(Cl)c1OCc1ccc(Cl)cc1Cl.Cl. The first kappa shape index (κ1) is 25.6. The molecule has 0 aliphatic heterocycles. The number of hydrogen-bond acceptors (Lipinski definition) is 3. The Balaban J connectivity index is 0.00000341. The van der Waals surface area contributed by atoms with Crippen LogP contribution in [0, 0.1) is 5.82 Å². The summed E-state index contributed by atoms with van der Waals surface area (Å²) in [5, 5.41) is 4.86. The predicted molar refractivity (Wildman–Crippen MR) is 128 cm³/mol. The largest absolute Gasteiger partial charge is 0.490 e. The molecular weight excluding hydrogens is 483 g/mol. The fourth-order valence-corrected chi connectivity index (χ4v) is 3.62. The molecule has 3 rings (SSSR count). The quantitative estimate of drug-likeness (QED) is 0.327. The van der Waals surface area contributed by atoms with Gasteiger partial charge in [0.15, 0.2) is 11.5 Å². The molecule has 8 heteroatoms. The van der Waals surface area contributed by atoms with Crippen molar-refractivity contribution in [1.29, 1.82) is 0 Å². The lowest BCUT2D eigenvalue weighted by Crippen LogP contribution is -2.13. The Bertz CT molecular complexity index is 1000. The van der Waals surface area contributed by atoms with Crippen molar-refractivity contribution in [3.8, 4) is 11.5 Å². The molecule has 3 aromatic rings. The van der Waals surface area contributed by atoms with Gasteiger partial charge in [-0.15, -0.1) is 12.4 Å². The Morgan fingerprint density at radius 2 is 1.55 bits per heavy atom. The van der Waals surface area contributed by atoms with Crippen LogP contribution in [0.3, 0.4) is 0 Å². The van der Waals surface area contributed by atoms with E-state index in [-0.39, 0.29) is 24.8 Å². The lowest BCUT2D eigenvalue weighted by atomic mass is 10.1. The van der Waals surface area contributed by atoms with Crippen molar-refractivity contribution in [3.05, 3.63) is 92.2 Å². The molecule has 0 atom stereocenters. The highest BCUT2D eigenvalue weighted by Crippen LogP contribution is 2.37. The van der Waals surface area contributed by atoms with Crippen LogP contribution in [0.25, 0.3) is 0 Å². The Morgan fingerprint density at radius 1 is 0.839 bits per heavy atom. The minimum atomic E-state index is -0.248. The van der Waals surface area contributed by atoms with Gasteiger partial charge in [0.2, 0.25) is 0 Å². The lowest BCUT2D eigenvalue weighted by molar-refractivity contribution is 0.269. The van der Waals surface area contributed by atoms with Gasteiger partial charge in [-0.25, -0.2) is 4.39 Å². The van der Waals surface area contributed by atoms with Gasteiger partial charge in [0, 0.05) is 28.7 Å². The third kappa shape index (κ3) is 7.44. The van der Waals surface area contributed by atoms with Crippen LogP contribution in [-0.2, 0) is 19.7 Å². The zero-order valence-corrected chi connectivity index (χ0v) is 19.8. The second kappa shape index (κ2) is 12.4. The molecule has 0 fully saturated rings. The number of nitrogens with one attached hydrogen (secondary N) is 1. The third-order valence-corrected chi connectivity index (χ3v) is 5.20. The molecule has 0 saturated heterocycles. The fourth-order valence-electron chi connectivity index (χ4n) is 2.87. The summed E-state index contributed by atoms with van der Waals surface area (Å²) in [6.07, 6.45) is 0. The lowest BCUT2D eigenvalue weighted by Gasteiger charge is -2.16. The predicted octanol–water partition coefficient (Wildman–Crippen LogP) is 7.48. The first-order valence-electron chi connectivity index (χ1n) is 9.43. The van der Waals surface area contributed by atoms with Crippen LogP contribution in [0.2, 0.25) is 15.1 Å². The second-order valence-corrected chi connectivity index (χ2v) is 7.84. The van der Waals surface area contributed by atoms with Crippen LogP contribution in [0.15, 0.2) is 54.6 Å². The van der Waals surface area contributed by atoms with Gasteiger partial charge in [-0.1, -0.05) is 53.0 Å². The normalized spacial score (nSPS) is 10.5. The molecular formula is C23H22Cl4FNO2. The highest BCUT2D eigenvalue weighted by atomic mass is 35.5. The van der Waals surface area contributed by atoms with Crippen LogP contribution < -0.4 is 14.8 Å². The Kier molecular flexibility index (Phi) is 10.2. The van der Waals surface area contributed by atoms with E-state index in [0.29, 0.717) is 46.3 Å². The zero-order valence-electron chi connectivity index (χ0n) is 16.8. The van der Waals surface area contributed by atoms with Crippen molar-refractivity contribution in [1.82, 2.24) is 5.32 Å². The van der Waals surface area contributed by atoms with E-state index in [9.17, 15) is 4.39 Å². The summed E-state index contributed by atoms with van der Waals surface area (Å²) in [6, 6.07) is 15.4. The van der Waals surface area contributed by atoms with Gasteiger partial charge in [-0.3, -0.25) is 0 Å². The maximum absolute atomic E-state index is 13.0. The number of hydrogen-bond donors (Lipinski definition) is 1. The average molecular weight is 505 g/mol. The molecule has 3 nitrogen and oxygen atoms in total. The summed E-state index contributed by atoms with van der Waals surface area (Å²) in [6.45, 7) is 3.78. The fraction of sp³-hybridized carbons (Fsp3) is 0.217. The molecule has 0 radical (unpaired) electrons. The van der Waals surface area contributed by atoms with E-state index < -0.39 is 0 Å². The second-order valence-electron chi connectivity index (χ2n) is 6.59. The van der Waals surface area contributed by atoms with Crippen molar-refractivity contribution in [2.75, 3.05) is 6.61 Å². The van der Waals surface area contributed by atoms with Gasteiger partial charge < -0.3 is 14.8 Å². The number of rotatable bonds is 9. The van der Waals surface area contributed by atoms with E-state index in [1.807, 2.05) is 25.1 Å². The maximum Gasteiger partial charge on any atom is 0.180 e. The minimum absolute atomic E-state index is 0. The topological polar surface area (TPSA) is 30.5 Å². The molecule has 1 N–H and O–H groups in total. The van der Waals surface area contributed by atoms with Gasteiger partial charge in [0.25, 0.3) is 0 Å². The molecule has 0 heterocycles. The molecule has 0 aliphatic carbocycles. The number of halogens is 5. The summed E-state index contributed by atoms with van der Waals surface area (Å²) in [5.41, 5.74) is 2.74. The summed E-state index contributed by atoms with van der Waals surface area (Å²) < 4.78 is 24.7. The van der Waals surface area contributed by atoms with Crippen LogP contribution in [-0.4, -0.2) is 6.61 Å². The van der Waals surface area contributed by atoms with Crippen molar-refractivity contribution in [2.24, 2.45) is 0 Å². The first-order chi connectivity index (χ1) is 14.5. The summed E-state index contributed by atoms with van der Waals surface area (Å²) in [5.74, 6) is 0.780. The van der Waals surface area contributed by atoms with E-state index in [1.165, 1.54) is 12.1 Å². The Labute approximate surface area is 202 Å². The van der Waals surface area contributed by atoms with E-state index in [0.717, 1.165) is 16.7 Å². The number of ether oxygens (including phenoxy) is 2. The van der Waals surface area contributed by atoms with E-state index >= 15 is 0 Å². The van der Waals surface area contributed by atoms with Gasteiger partial charge in [-0.2, -0.15) is 0 Å². The number of benzene rings is 3. The van der Waals surface area contributed by atoms with Crippen LogP contribution in [0.5, 0.6) is 11.5 Å². The van der Waals surface area contributed by atoms with Crippen LogP contribution in [0.4, 0.5) is 4.39 Å². The molecule has 166 valence electrons. The van der Waals surface area contributed by atoms with Crippen molar-refractivity contribution in [3.63, 3.8) is 0 Å². The van der Waals surface area contributed by atoms with Crippen LogP contribution >= 0.6 is 47.2 Å². The molecule has 0 unspecified atom stereocenters. The van der Waals surface area contributed by atoms with E-state index in [1.54, 1.807) is 24.3 Å². The zero-order chi connectivity index (χ0) is 21.5. The smallest absolute Gasteiger partial charge is 0.180 e. The molecule has 3 aromatic carbocycles. The molecule has 0 amide bonds. The van der Waals surface area contributed by atoms with Crippen LogP contribution in [0.1, 0.15) is 23.6 Å². The molecule has 0 bridgehead atoms. The monoisotopic (exact) mass is 503 g/mol. The van der Waals surface area contributed by atoms with E-state index in [4.69, 9.17) is 44.3 Å². The first-order valence-corrected chi connectivity index (χ1v) is 10.6. The standard InChI is InChI=1S/C23H21Cl3FNO2.ClH/c1-2-29-22-10-16(13-28-12-15-3-7-19(27)8-4-15)9-21(26)23(22)30-14-17-5-6-18(24)11-20(17)25;/h3-11,28H,2,12-14H2,1H3;1H. The van der Waals surface area contributed by atoms with Gasteiger partial charge >= 0.3 is 0 Å². The maximum atomic E-state index is 13.0.